The maximum atomic E-state index is 9.27. The van der Waals surface area contributed by atoms with Crippen molar-refractivity contribution in [1.29, 1.82) is 0 Å². The molecule has 0 aromatic carbocycles. The van der Waals surface area contributed by atoms with E-state index in [2.05, 4.69) is 18.7 Å². The lowest BCUT2D eigenvalue weighted by Gasteiger charge is -2.43. The minimum Gasteiger partial charge on any atom is -0.392 e. The van der Waals surface area contributed by atoms with Crippen molar-refractivity contribution in [3.05, 3.63) is 0 Å². The van der Waals surface area contributed by atoms with Crippen molar-refractivity contribution >= 4 is 0 Å². The predicted molar refractivity (Wildman–Crippen MR) is 69.5 cm³/mol. The molecule has 2 atom stereocenters. The molecule has 0 radical (unpaired) electrons. The molecule has 1 heterocycles. The van der Waals surface area contributed by atoms with E-state index in [4.69, 9.17) is 0 Å². The van der Waals surface area contributed by atoms with Gasteiger partial charge in [0.15, 0.2) is 0 Å². The van der Waals surface area contributed by atoms with E-state index < -0.39 is 0 Å². The summed E-state index contributed by atoms with van der Waals surface area (Å²) in [6.45, 7) is 9.82. The summed E-state index contributed by atoms with van der Waals surface area (Å²) in [6.07, 6.45) is 6.77. The van der Waals surface area contributed by atoms with Crippen molar-refractivity contribution in [2.24, 2.45) is 11.8 Å². The number of hydrogen-bond acceptors (Lipinski definition) is 2. The lowest BCUT2D eigenvalue weighted by atomic mass is 9.83. The molecule has 1 aliphatic rings. The molecule has 2 heteroatoms. The van der Waals surface area contributed by atoms with Crippen LogP contribution in [0.25, 0.3) is 0 Å². The van der Waals surface area contributed by atoms with Gasteiger partial charge in [0, 0.05) is 19.6 Å². The number of β-amino-alcohol motifs (C(OH)–C–C–N with tert-alkyl or cyclic N) is 1. The summed E-state index contributed by atoms with van der Waals surface area (Å²) in [5.74, 6) is 1.77. The van der Waals surface area contributed by atoms with E-state index in [0.29, 0.717) is 0 Å². The SMILES string of the molecule is CCCCCCC(C)C1CN(C[C@H](C)O)C1. The normalized spacial score (nSPS) is 21.8. The van der Waals surface area contributed by atoms with Gasteiger partial charge in [-0.1, -0.05) is 46.0 Å². The molecule has 1 fully saturated rings. The first-order chi connectivity index (χ1) is 7.63. The topological polar surface area (TPSA) is 23.5 Å². The Kier molecular flexibility index (Phi) is 6.37. The average Bonchev–Trinajstić information content (AvgIpc) is 2.17. The van der Waals surface area contributed by atoms with E-state index >= 15 is 0 Å². The Balaban J connectivity index is 2.01. The Bertz CT molecular complexity index is 176. The molecule has 0 spiro atoms. The number of nitrogens with zero attached hydrogens (tertiary/aromatic N) is 1. The van der Waals surface area contributed by atoms with E-state index in [1.54, 1.807) is 0 Å². The summed E-state index contributed by atoms with van der Waals surface area (Å²) >= 11 is 0. The third kappa shape index (κ3) is 4.84. The molecule has 0 aliphatic carbocycles. The minimum atomic E-state index is -0.166. The smallest absolute Gasteiger partial charge is 0.0639 e. The van der Waals surface area contributed by atoms with Gasteiger partial charge in [-0.2, -0.15) is 0 Å². The van der Waals surface area contributed by atoms with Gasteiger partial charge >= 0.3 is 0 Å². The molecule has 1 aliphatic heterocycles. The van der Waals surface area contributed by atoms with Crippen molar-refractivity contribution in [2.75, 3.05) is 19.6 Å². The predicted octanol–water partition coefficient (Wildman–Crippen LogP) is 2.91. The van der Waals surface area contributed by atoms with E-state index in [1.165, 1.54) is 45.2 Å². The van der Waals surface area contributed by atoms with Gasteiger partial charge in [0.1, 0.15) is 0 Å². The van der Waals surface area contributed by atoms with Crippen LogP contribution in [-0.2, 0) is 0 Å². The highest BCUT2D eigenvalue weighted by molar-refractivity contribution is 4.84. The maximum Gasteiger partial charge on any atom is 0.0639 e. The lowest BCUT2D eigenvalue weighted by molar-refractivity contribution is 0.0220. The summed E-state index contributed by atoms with van der Waals surface area (Å²) < 4.78 is 0. The largest absolute Gasteiger partial charge is 0.392 e. The van der Waals surface area contributed by atoms with E-state index in [9.17, 15) is 5.11 Å². The highest BCUT2D eigenvalue weighted by Crippen LogP contribution is 2.27. The van der Waals surface area contributed by atoms with Gasteiger partial charge in [-0.25, -0.2) is 0 Å². The fourth-order valence-electron chi connectivity index (χ4n) is 2.62. The molecular formula is C14H29NO. The van der Waals surface area contributed by atoms with Crippen LogP contribution >= 0.6 is 0 Å². The van der Waals surface area contributed by atoms with Gasteiger partial charge in [0.05, 0.1) is 6.10 Å². The van der Waals surface area contributed by atoms with Crippen LogP contribution in [0.3, 0.4) is 0 Å². The van der Waals surface area contributed by atoms with Gasteiger partial charge in [-0.15, -0.1) is 0 Å². The summed E-state index contributed by atoms with van der Waals surface area (Å²) in [6, 6.07) is 0. The Labute approximate surface area is 101 Å². The Morgan fingerprint density at radius 2 is 1.88 bits per heavy atom. The highest BCUT2D eigenvalue weighted by atomic mass is 16.3. The first kappa shape index (κ1) is 14.0. The quantitative estimate of drug-likeness (QED) is 0.645. The van der Waals surface area contributed by atoms with Crippen LogP contribution < -0.4 is 0 Å². The second-order valence-corrected chi connectivity index (χ2v) is 5.65. The van der Waals surface area contributed by atoms with Gasteiger partial charge in [0.25, 0.3) is 0 Å². The molecule has 0 aromatic rings. The van der Waals surface area contributed by atoms with Crippen LogP contribution in [0.1, 0.15) is 52.9 Å². The number of unbranched alkanes of at least 4 members (excludes halogenated alkanes) is 3. The summed E-state index contributed by atoms with van der Waals surface area (Å²) in [4.78, 5) is 2.37. The lowest BCUT2D eigenvalue weighted by Crippen LogP contribution is -2.51. The molecule has 96 valence electrons. The summed E-state index contributed by atoms with van der Waals surface area (Å²) in [7, 11) is 0. The van der Waals surface area contributed by atoms with Gasteiger partial charge in [-0.3, -0.25) is 0 Å². The van der Waals surface area contributed by atoms with Crippen LogP contribution in [0.4, 0.5) is 0 Å². The van der Waals surface area contributed by atoms with Crippen LogP contribution in [-0.4, -0.2) is 35.7 Å². The molecular weight excluding hydrogens is 198 g/mol. The molecule has 0 aromatic heterocycles. The second kappa shape index (κ2) is 7.29. The summed E-state index contributed by atoms with van der Waals surface area (Å²) in [5, 5.41) is 9.27. The fourth-order valence-corrected chi connectivity index (χ4v) is 2.62. The molecule has 1 N–H and O–H groups in total. The molecule has 2 nitrogen and oxygen atoms in total. The molecule has 1 unspecified atom stereocenters. The fraction of sp³-hybridized carbons (Fsp3) is 1.00. The van der Waals surface area contributed by atoms with Gasteiger partial charge in [0.2, 0.25) is 0 Å². The van der Waals surface area contributed by atoms with Crippen molar-refractivity contribution in [3.63, 3.8) is 0 Å². The van der Waals surface area contributed by atoms with E-state index in [0.717, 1.165) is 18.4 Å². The minimum absolute atomic E-state index is 0.166. The van der Waals surface area contributed by atoms with E-state index in [-0.39, 0.29) is 6.10 Å². The average molecular weight is 227 g/mol. The summed E-state index contributed by atoms with van der Waals surface area (Å²) in [5.41, 5.74) is 0. The number of aliphatic hydroxyl groups is 1. The number of aliphatic hydroxyl groups excluding tert-OH is 1. The standard InChI is InChI=1S/C14H29NO/c1-4-5-6-7-8-12(2)14-10-15(11-14)9-13(3)16/h12-14,16H,4-11H2,1-3H3/t12?,13-/m0/s1. The van der Waals surface area contributed by atoms with Crippen LogP contribution in [0, 0.1) is 11.8 Å². The number of likely N-dealkylation sites (tertiary alicyclic amines) is 1. The van der Waals surface area contributed by atoms with Crippen LogP contribution in [0.2, 0.25) is 0 Å². The molecule has 1 saturated heterocycles. The molecule has 16 heavy (non-hydrogen) atoms. The molecule has 0 saturated carbocycles. The van der Waals surface area contributed by atoms with E-state index in [1.807, 2.05) is 6.92 Å². The zero-order valence-corrected chi connectivity index (χ0v) is 11.3. The Morgan fingerprint density at radius 1 is 1.19 bits per heavy atom. The zero-order valence-electron chi connectivity index (χ0n) is 11.3. The second-order valence-electron chi connectivity index (χ2n) is 5.65. The third-order valence-corrected chi connectivity index (χ3v) is 3.83. The van der Waals surface area contributed by atoms with Crippen molar-refractivity contribution in [2.45, 2.75) is 59.0 Å². The van der Waals surface area contributed by atoms with Gasteiger partial charge < -0.3 is 10.0 Å². The first-order valence-electron chi connectivity index (χ1n) is 7.04. The molecule has 0 bridgehead atoms. The van der Waals surface area contributed by atoms with Crippen LogP contribution in [0.15, 0.2) is 0 Å². The highest BCUT2D eigenvalue weighted by Gasteiger charge is 2.30. The first-order valence-corrected chi connectivity index (χ1v) is 7.04. The molecule has 0 amide bonds. The molecule has 1 rings (SSSR count). The monoisotopic (exact) mass is 227 g/mol. The van der Waals surface area contributed by atoms with Crippen molar-refractivity contribution in [3.8, 4) is 0 Å². The zero-order chi connectivity index (χ0) is 12.0. The number of rotatable bonds is 8. The Morgan fingerprint density at radius 3 is 2.44 bits per heavy atom. The number of hydrogen-bond donors (Lipinski definition) is 1. The van der Waals surface area contributed by atoms with Crippen molar-refractivity contribution in [1.82, 2.24) is 4.90 Å². The third-order valence-electron chi connectivity index (χ3n) is 3.83. The van der Waals surface area contributed by atoms with Crippen molar-refractivity contribution < 1.29 is 5.11 Å². The van der Waals surface area contributed by atoms with Crippen LogP contribution in [0.5, 0.6) is 0 Å². The Hall–Kier alpha value is -0.0800. The maximum absolute atomic E-state index is 9.27. The van der Waals surface area contributed by atoms with Gasteiger partial charge in [-0.05, 0) is 18.8 Å².